The summed E-state index contributed by atoms with van der Waals surface area (Å²) in [6, 6.07) is 5.41. The van der Waals surface area contributed by atoms with Crippen molar-refractivity contribution in [2.45, 2.75) is 25.9 Å². The molecule has 0 aromatic carbocycles. The van der Waals surface area contributed by atoms with E-state index in [1.54, 1.807) is 6.07 Å². The first-order chi connectivity index (χ1) is 8.46. The maximum absolute atomic E-state index is 11.1. The standard InChI is InChI=1S/C13H20N4O/c1-13(2)9-17(7-6-15-13)8-10-4-3-5-11(16-10)12(14)18/h3-5,15H,6-9H2,1-2H3,(H2,14,18). The molecule has 0 unspecified atom stereocenters. The molecule has 0 bridgehead atoms. The molecule has 1 aromatic rings. The molecule has 2 heterocycles. The van der Waals surface area contributed by atoms with Crippen LogP contribution in [0.1, 0.15) is 30.0 Å². The Morgan fingerprint density at radius 3 is 3.00 bits per heavy atom. The van der Waals surface area contributed by atoms with Crippen molar-refractivity contribution < 1.29 is 4.79 Å². The third-order valence-electron chi connectivity index (χ3n) is 3.10. The summed E-state index contributed by atoms with van der Waals surface area (Å²) < 4.78 is 0. The van der Waals surface area contributed by atoms with Crippen molar-refractivity contribution in [1.29, 1.82) is 0 Å². The SMILES string of the molecule is CC1(C)CN(Cc2cccc(C(N)=O)n2)CCN1. The molecule has 0 radical (unpaired) electrons. The van der Waals surface area contributed by atoms with E-state index < -0.39 is 5.91 Å². The van der Waals surface area contributed by atoms with Gasteiger partial charge in [-0.2, -0.15) is 0 Å². The van der Waals surface area contributed by atoms with Gasteiger partial charge in [0.05, 0.1) is 5.69 Å². The van der Waals surface area contributed by atoms with Gasteiger partial charge in [0.25, 0.3) is 5.91 Å². The molecule has 5 nitrogen and oxygen atoms in total. The minimum absolute atomic E-state index is 0.125. The maximum atomic E-state index is 11.1. The molecule has 1 aliphatic heterocycles. The number of rotatable bonds is 3. The van der Waals surface area contributed by atoms with Crippen molar-refractivity contribution >= 4 is 5.91 Å². The fourth-order valence-corrected chi connectivity index (χ4v) is 2.32. The Kier molecular flexibility index (Phi) is 3.63. The molecule has 0 atom stereocenters. The van der Waals surface area contributed by atoms with Crippen LogP contribution < -0.4 is 11.1 Å². The quantitative estimate of drug-likeness (QED) is 0.810. The van der Waals surface area contributed by atoms with Gasteiger partial charge >= 0.3 is 0 Å². The Bertz CT molecular complexity index is 444. The van der Waals surface area contributed by atoms with E-state index in [0.29, 0.717) is 5.69 Å². The van der Waals surface area contributed by atoms with Crippen molar-refractivity contribution in [1.82, 2.24) is 15.2 Å². The second-order valence-corrected chi connectivity index (χ2v) is 5.40. The number of hydrogen-bond donors (Lipinski definition) is 2. The summed E-state index contributed by atoms with van der Waals surface area (Å²) in [7, 11) is 0. The second-order valence-electron chi connectivity index (χ2n) is 5.40. The largest absolute Gasteiger partial charge is 0.364 e. The van der Waals surface area contributed by atoms with Crippen molar-refractivity contribution in [3.63, 3.8) is 0 Å². The van der Waals surface area contributed by atoms with Gasteiger partial charge < -0.3 is 11.1 Å². The third-order valence-corrected chi connectivity index (χ3v) is 3.10. The normalized spacial score (nSPS) is 19.7. The van der Waals surface area contributed by atoms with Crippen LogP contribution in [0.5, 0.6) is 0 Å². The monoisotopic (exact) mass is 248 g/mol. The summed E-state index contributed by atoms with van der Waals surface area (Å²) in [6.07, 6.45) is 0. The summed E-state index contributed by atoms with van der Waals surface area (Å²) >= 11 is 0. The van der Waals surface area contributed by atoms with Gasteiger partial charge in [-0.15, -0.1) is 0 Å². The van der Waals surface area contributed by atoms with Crippen molar-refractivity contribution in [2.24, 2.45) is 5.73 Å². The molecule has 1 fully saturated rings. The summed E-state index contributed by atoms with van der Waals surface area (Å²) in [5, 5.41) is 3.47. The van der Waals surface area contributed by atoms with Gasteiger partial charge in [0.15, 0.2) is 0 Å². The van der Waals surface area contributed by atoms with E-state index in [9.17, 15) is 4.79 Å². The highest BCUT2D eigenvalue weighted by Gasteiger charge is 2.25. The predicted molar refractivity (Wildman–Crippen MR) is 70.1 cm³/mol. The van der Waals surface area contributed by atoms with Crippen LogP contribution in [-0.4, -0.2) is 41.0 Å². The Hall–Kier alpha value is -1.46. The topological polar surface area (TPSA) is 71.2 Å². The minimum atomic E-state index is -0.475. The predicted octanol–water partition coefficient (Wildman–Crippen LogP) is 0.364. The lowest BCUT2D eigenvalue weighted by Crippen LogP contribution is -2.56. The molecule has 3 N–H and O–H groups in total. The molecule has 0 saturated carbocycles. The number of nitrogens with one attached hydrogen (secondary N) is 1. The number of hydrogen-bond acceptors (Lipinski definition) is 4. The van der Waals surface area contributed by atoms with Gasteiger partial charge in [0.1, 0.15) is 5.69 Å². The molecule has 1 saturated heterocycles. The number of aromatic nitrogens is 1. The second kappa shape index (κ2) is 5.04. The van der Waals surface area contributed by atoms with Crippen LogP contribution in [0, 0.1) is 0 Å². The van der Waals surface area contributed by atoms with E-state index in [1.807, 2.05) is 12.1 Å². The maximum Gasteiger partial charge on any atom is 0.267 e. The number of carbonyl (C=O) groups excluding carboxylic acids is 1. The van der Waals surface area contributed by atoms with Crippen molar-refractivity contribution in [2.75, 3.05) is 19.6 Å². The van der Waals surface area contributed by atoms with Crippen LogP contribution in [0.3, 0.4) is 0 Å². The number of piperazine rings is 1. The fraction of sp³-hybridized carbons (Fsp3) is 0.538. The summed E-state index contributed by atoms with van der Waals surface area (Å²) in [5.74, 6) is -0.475. The van der Waals surface area contributed by atoms with E-state index in [0.717, 1.165) is 31.9 Å². The van der Waals surface area contributed by atoms with E-state index in [4.69, 9.17) is 5.73 Å². The van der Waals surface area contributed by atoms with Gasteiger partial charge in [-0.25, -0.2) is 4.98 Å². The highest BCUT2D eigenvalue weighted by atomic mass is 16.1. The number of primary amides is 1. The first kappa shape index (κ1) is 13.0. The van der Waals surface area contributed by atoms with E-state index in [1.165, 1.54) is 0 Å². The Morgan fingerprint density at radius 1 is 1.56 bits per heavy atom. The molecular weight excluding hydrogens is 228 g/mol. The van der Waals surface area contributed by atoms with Crippen LogP contribution in [0.25, 0.3) is 0 Å². The zero-order chi connectivity index (χ0) is 13.2. The molecule has 1 aliphatic rings. The van der Waals surface area contributed by atoms with Gasteiger partial charge in [-0.1, -0.05) is 6.07 Å². The van der Waals surface area contributed by atoms with Gasteiger partial charge in [0, 0.05) is 31.7 Å². The van der Waals surface area contributed by atoms with Crippen LogP contribution in [0.15, 0.2) is 18.2 Å². The molecule has 2 rings (SSSR count). The Balaban J connectivity index is 2.05. The van der Waals surface area contributed by atoms with Gasteiger partial charge in [-0.3, -0.25) is 9.69 Å². The van der Waals surface area contributed by atoms with E-state index >= 15 is 0 Å². The Labute approximate surface area is 107 Å². The average Bonchev–Trinajstić information content (AvgIpc) is 2.28. The van der Waals surface area contributed by atoms with Crippen LogP contribution in [-0.2, 0) is 6.54 Å². The molecule has 5 heteroatoms. The van der Waals surface area contributed by atoms with Crippen LogP contribution >= 0.6 is 0 Å². The average molecular weight is 248 g/mol. The zero-order valence-electron chi connectivity index (χ0n) is 10.9. The first-order valence-corrected chi connectivity index (χ1v) is 6.19. The number of nitrogens with two attached hydrogens (primary N) is 1. The number of pyridine rings is 1. The van der Waals surface area contributed by atoms with Crippen molar-refractivity contribution in [3.8, 4) is 0 Å². The minimum Gasteiger partial charge on any atom is -0.364 e. The molecule has 1 amide bonds. The smallest absolute Gasteiger partial charge is 0.267 e. The third kappa shape index (κ3) is 3.27. The lowest BCUT2D eigenvalue weighted by Gasteiger charge is -2.39. The number of amides is 1. The summed E-state index contributed by atoms with van der Waals surface area (Å²) in [4.78, 5) is 17.7. The number of carbonyl (C=O) groups is 1. The molecule has 0 aliphatic carbocycles. The summed E-state index contributed by atoms with van der Waals surface area (Å²) in [6.45, 7) is 8.06. The first-order valence-electron chi connectivity index (χ1n) is 6.19. The van der Waals surface area contributed by atoms with Crippen LogP contribution in [0.4, 0.5) is 0 Å². The molecule has 98 valence electrons. The lowest BCUT2D eigenvalue weighted by molar-refractivity contribution is 0.0994. The van der Waals surface area contributed by atoms with Gasteiger partial charge in [-0.05, 0) is 26.0 Å². The Morgan fingerprint density at radius 2 is 2.33 bits per heavy atom. The fourth-order valence-electron chi connectivity index (χ4n) is 2.32. The zero-order valence-corrected chi connectivity index (χ0v) is 10.9. The number of nitrogens with zero attached hydrogens (tertiary/aromatic N) is 2. The highest BCUT2D eigenvalue weighted by Crippen LogP contribution is 2.12. The molecule has 18 heavy (non-hydrogen) atoms. The molecular formula is C13H20N4O. The molecule has 0 spiro atoms. The van der Waals surface area contributed by atoms with Crippen molar-refractivity contribution in [3.05, 3.63) is 29.6 Å². The lowest BCUT2D eigenvalue weighted by atomic mass is 10.0. The van der Waals surface area contributed by atoms with E-state index in [2.05, 4.69) is 29.0 Å². The molecule has 1 aromatic heterocycles. The highest BCUT2D eigenvalue weighted by molar-refractivity contribution is 5.90. The van der Waals surface area contributed by atoms with E-state index in [-0.39, 0.29) is 5.54 Å². The van der Waals surface area contributed by atoms with Crippen LogP contribution in [0.2, 0.25) is 0 Å². The summed E-state index contributed by atoms with van der Waals surface area (Å²) in [5.41, 5.74) is 6.59. The van der Waals surface area contributed by atoms with Gasteiger partial charge in [0.2, 0.25) is 0 Å².